The SMILES string of the molecule is Cc1cnc(C(C)NCCOc2cccc(C(=O)O)c2)s1. The summed E-state index contributed by atoms with van der Waals surface area (Å²) in [6.07, 6.45) is 1.87. The molecule has 21 heavy (non-hydrogen) atoms. The van der Waals surface area contributed by atoms with Crippen molar-refractivity contribution in [2.24, 2.45) is 0 Å². The molecule has 0 saturated heterocycles. The Labute approximate surface area is 127 Å². The Kier molecular flexibility index (Phi) is 5.30. The van der Waals surface area contributed by atoms with Crippen molar-refractivity contribution in [2.75, 3.05) is 13.2 Å². The van der Waals surface area contributed by atoms with Gasteiger partial charge in [0, 0.05) is 17.6 Å². The van der Waals surface area contributed by atoms with E-state index in [9.17, 15) is 4.79 Å². The van der Waals surface area contributed by atoms with Crippen LogP contribution in [0.4, 0.5) is 0 Å². The Bertz CT molecular complexity index is 612. The lowest BCUT2D eigenvalue weighted by atomic mass is 10.2. The van der Waals surface area contributed by atoms with E-state index in [1.807, 2.05) is 13.1 Å². The van der Waals surface area contributed by atoms with Crippen LogP contribution in [0.15, 0.2) is 30.5 Å². The Morgan fingerprint density at radius 3 is 3.00 bits per heavy atom. The van der Waals surface area contributed by atoms with Crippen LogP contribution < -0.4 is 10.1 Å². The molecule has 0 spiro atoms. The number of benzene rings is 1. The predicted octanol–water partition coefficient (Wildman–Crippen LogP) is 2.88. The number of nitrogens with one attached hydrogen (secondary N) is 1. The lowest BCUT2D eigenvalue weighted by Gasteiger charge is -2.12. The van der Waals surface area contributed by atoms with Crippen molar-refractivity contribution in [3.05, 3.63) is 45.9 Å². The van der Waals surface area contributed by atoms with E-state index in [2.05, 4.69) is 17.2 Å². The van der Waals surface area contributed by atoms with Gasteiger partial charge in [0.2, 0.25) is 0 Å². The first-order valence-corrected chi connectivity index (χ1v) is 7.50. The first-order valence-electron chi connectivity index (χ1n) is 6.68. The fourth-order valence-corrected chi connectivity index (χ4v) is 2.62. The third-order valence-corrected chi connectivity index (χ3v) is 4.01. The van der Waals surface area contributed by atoms with Gasteiger partial charge in [-0.3, -0.25) is 0 Å². The van der Waals surface area contributed by atoms with Crippen LogP contribution in [-0.4, -0.2) is 29.2 Å². The average Bonchev–Trinajstić information content (AvgIpc) is 2.90. The van der Waals surface area contributed by atoms with Crippen LogP contribution in [0.5, 0.6) is 5.75 Å². The number of thiazole rings is 1. The van der Waals surface area contributed by atoms with E-state index in [0.29, 0.717) is 18.9 Å². The molecule has 6 heteroatoms. The molecule has 5 nitrogen and oxygen atoms in total. The van der Waals surface area contributed by atoms with Gasteiger partial charge in [-0.25, -0.2) is 9.78 Å². The summed E-state index contributed by atoms with van der Waals surface area (Å²) < 4.78 is 5.55. The molecule has 2 rings (SSSR count). The number of carboxylic acids is 1. The Hall–Kier alpha value is -1.92. The molecule has 0 aliphatic rings. The Morgan fingerprint density at radius 1 is 1.52 bits per heavy atom. The van der Waals surface area contributed by atoms with Crippen LogP contribution in [0.2, 0.25) is 0 Å². The summed E-state index contributed by atoms with van der Waals surface area (Å²) in [6, 6.07) is 6.67. The molecule has 2 aromatic rings. The first kappa shape index (κ1) is 15.5. The maximum atomic E-state index is 10.9. The summed E-state index contributed by atoms with van der Waals surface area (Å²) in [4.78, 5) is 16.4. The van der Waals surface area contributed by atoms with Gasteiger partial charge in [0.15, 0.2) is 0 Å². The van der Waals surface area contributed by atoms with E-state index in [0.717, 1.165) is 5.01 Å². The molecule has 112 valence electrons. The molecule has 1 heterocycles. The number of carboxylic acid groups (broad SMARTS) is 1. The number of nitrogens with zero attached hydrogens (tertiary/aromatic N) is 1. The Morgan fingerprint density at radius 2 is 2.33 bits per heavy atom. The van der Waals surface area contributed by atoms with Crippen molar-refractivity contribution in [3.8, 4) is 5.75 Å². The van der Waals surface area contributed by atoms with Crippen LogP contribution in [0.1, 0.15) is 33.2 Å². The lowest BCUT2D eigenvalue weighted by molar-refractivity contribution is 0.0696. The quantitative estimate of drug-likeness (QED) is 0.770. The maximum Gasteiger partial charge on any atom is 0.335 e. The minimum atomic E-state index is -0.952. The molecule has 0 fully saturated rings. The Balaban J connectivity index is 1.77. The maximum absolute atomic E-state index is 10.9. The topological polar surface area (TPSA) is 71.5 Å². The highest BCUT2D eigenvalue weighted by Crippen LogP contribution is 2.18. The molecular formula is C15H18N2O3S. The highest BCUT2D eigenvalue weighted by atomic mass is 32.1. The zero-order valence-corrected chi connectivity index (χ0v) is 12.8. The number of ether oxygens (including phenoxy) is 1. The van der Waals surface area contributed by atoms with Gasteiger partial charge >= 0.3 is 5.97 Å². The number of hydrogen-bond acceptors (Lipinski definition) is 5. The van der Waals surface area contributed by atoms with Crippen molar-refractivity contribution < 1.29 is 14.6 Å². The molecule has 0 aliphatic carbocycles. The highest BCUT2D eigenvalue weighted by molar-refractivity contribution is 7.11. The second-order valence-electron chi connectivity index (χ2n) is 4.67. The normalized spacial score (nSPS) is 12.1. The minimum absolute atomic E-state index is 0.178. The van der Waals surface area contributed by atoms with Crippen molar-refractivity contribution >= 4 is 17.3 Å². The zero-order valence-electron chi connectivity index (χ0n) is 12.0. The molecule has 0 radical (unpaired) electrons. The molecule has 0 saturated carbocycles. The summed E-state index contributed by atoms with van der Waals surface area (Å²) >= 11 is 1.68. The van der Waals surface area contributed by atoms with Gasteiger partial charge in [-0.2, -0.15) is 0 Å². The number of hydrogen-bond donors (Lipinski definition) is 2. The molecule has 1 unspecified atom stereocenters. The molecule has 0 aliphatic heterocycles. The van der Waals surface area contributed by atoms with Crippen molar-refractivity contribution in [3.63, 3.8) is 0 Å². The monoisotopic (exact) mass is 306 g/mol. The summed E-state index contributed by atoms with van der Waals surface area (Å²) in [7, 11) is 0. The molecular weight excluding hydrogens is 288 g/mol. The lowest BCUT2D eigenvalue weighted by Crippen LogP contribution is -2.24. The molecule has 1 aromatic carbocycles. The molecule has 0 bridgehead atoms. The van der Waals surface area contributed by atoms with Crippen LogP contribution in [0.3, 0.4) is 0 Å². The smallest absolute Gasteiger partial charge is 0.335 e. The number of aromatic carboxylic acids is 1. The van der Waals surface area contributed by atoms with Crippen LogP contribution in [-0.2, 0) is 0 Å². The van der Waals surface area contributed by atoms with Gasteiger partial charge in [0.05, 0.1) is 11.6 Å². The third-order valence-electron chi connectivity index (χ3n) is 2.91. The number of carbonyl (C=O) groups is 1. The molecule has 2 N–H and O–H groups in total. The summed E-state index contributed by atoms with van der Waals surface area (Å²) in [6.45, 7) is 5.23. The number of aromatic nitrogens is 1. The summed E-state index contributed by atoms with van der Waals surface area (Å²) in [5.74, 6) is -0.388. The molecule has 0 amide bonds. The number of aryl methyl sites for hydroxylation is 1. The fourth-order valence-electron chi connectivity index (χ4n) is 1.82. The van der Waals surface area contributed by atoms with Crippen molar-refractivity contribution in [1.29, 1.82) is 0 Å². The van der Waals surface area contributed by atoms with Gasteiger partial charge in [-0.05, 0) is 32.0 Å². The molecule has 1 aromatic heterocycles. The second-order valence-corrected chi connectivity index (χ2v) is 5.93. The first-order chi connectivity index (χ1) is 10.1. The van der Waals surface area contributed by atoms with Gasteiger partial charge in [-0.15, -0.1) is 11.3 Å². The molecule has 1 atom stereocenters. The second kappa shape index (κ2) is 7.19. The largest absolute Gasteiger partial charge is 0.492 e. The van der Waals surface area contributed by atoms with Crippen molar-refractivity contribution in [2.45, 2.75) is 19.9 Å². The van der Waals surface area contributed by atoms with E-state index in [-0.39, 0.29) is 11.6 Å². The van der Waals surface area contributed by atoms with E-state index < -0.39 is 5.97 Å². The average molecular weight is 306 g/mol. The van der Waals surface area contributed by atoms with Gasteiger partial charge in [0.25, 0.3) is 0 Å². The van der Waals surface area contributed by atoms with E-state index in [1.54, 1.807) is 29.5 Å². The van der Waals surface area contributed by atoms with E-state index in [4.69, 9.17) is 9.84 Å². The van der Waals surface area contributed by atoms with Gasteiger partial charge in [-0.1, -0.05) is 6.07 Å². The van der Waals surface area contributed by atoms with Crippen molar-refractivity contribution in [1.82, 2.24) is 10.3 Å². The van der Waals surface area contributed by atoms with Crippen LogP contribution in [0.25, 0.3) is 0 Å². The van der Waals surface area contributed by atoms with Gasteiger partial charge in [0.1, 0.15) is 17.4 Å². The number of rotatable bonds is 7. The van der Waals surface area contributed by atoms with E-state index in [1.165, 1.54) is 10.9 Å². The zero-order chi connectivity index (χ0) is 15.2. The van der Waals surface area contributed by atoms with Crippen LogP contribution >= 0.6 is 11.3 Å². The standard InChI is InChI=1S/C15H18N2O3S/c1-10-9-17-14(21-10)11(2)16-6-7-20-13-5-3-4-12(8-13)15(18)19/h3-5,8-9,11,16H,6-7H2,1-2H3,(H,18,19). The summed E-state index contributed by atoms with van der Waals surface area (Å²) in [5.41, 5.74) is 0.229. The summed E-state index contributed by atoms with van der Waals surface area (Å²) in [5, 5.41) is 13.3. The van der Waals surface area contributed by atoms with Crippen LogP contribution in [0, 0.1) is 6.92 Å². The predicted molar refractivity (Wildman–Crippen MR) is 82.2 cm³/mol. The van der Waals surface area contributed by atoms with Gasteiger partial charge < -0.3 is 15.2 Å². The minimum Gasteiger partial charge on any atom is -0.492 e. The third kappa shape index (κ3) is 4.54. The highest BCUT2D eigenvalue weighted by Gasteiger charge is 2.08. The fraction of sp³-hybridized carbons (Fsp3) is 0.333. The van der Waals surface area contributed by atoms with E-state index >= 15 is 0 Å².